The maximum absolute atomic E-state index is 4.97. The largest absolute Gasteiger partial charge is 0.383 e. The Hall–Kier alpha value is -0.420. The van der Waals surface area contributed by atoms with Crippen LogP contribution in [0.25, 0.3) is 0 Å². The third kappa shape index (κ3) is 6.50. The zero-order valence-electron chi connectivity index (χ0n) is 11.3. The van der Waals surface area contributed by atoms with Gasteiger partial charge in [0, 0.05) is 24.7 Å². The monoisotopic (exact) mass is 314 g/mol. The molecule has 4 heteroatoms. The molecule has 102 valence electrons. The summed E-state index contributed by atoms with van der Waals surface area (Å²) >= 11 is 3.51. The van der Waals surface area contributed by atoms with Crippen LogP contribution in [0.15, 0.2) is 22.7 Å². The molecule has 3 nitrogen and oxygen atoms in total. The van der Waals surface area contributed by atoms with Crippen molar-refractivity contribution in [2.45, 2.75) is 19.9 Å². The Balaban J connectivity index is 2.05. The van der Waals surface area contributed by atoms with Gasteiger partial charge in [0.15, 0.2) is 0 Å². The van der Waals surface area contributed by atoms with E-state index in [9.17, 15) is 0 Å². The van der Waals surface area contributed by atoms with Crippen LogP contribution in [0.1, 0.15) is 17.5 Å². The summed E-state index contributed by atoms with van der Waals surface area (Å²) in [5.41, 5.74) is 2.62. The Morgan fingerprint density at radius 1 is 1.17 bits per heavy atom. The van der Waals surface area contributed by atoms with Crippen molar-refractivity contribution in [3.63, 3.8) is 0 Å². The van der Waals surface area contributed by atoms with E-state index in [4.69, 9.17) is 4.74 Å². The van der Waals surface area contributed by atoms with E-state index in [-0.39, 0.29) is 0 Å². The first-order valence-corrected chi connectivity index (χ1v) is 7.18. The zero-order chi connectivity index (χ0) is 13.2. The summed E-state index contributed by atoms with van der Waals surface area (Å²) in [5, 5.41) is 6.78. The summed E-state index contributed by atoms with van der Waals surface area (Å²) in [4.78, 5) is 0. The standard InChI is InChI=1S/C14H23BrN2O/c1-12-10-13(4-5-14(12)15)11-17-7-3-6-16-8-9-18-2/h4-5,10,16-17H,3,6-9,11H2,1-2H3. The van der Waals surface area contributed by atoms with Crippen molar-refractivity contribution in [1.29, 1.82) is 0 Å². The van der Waals surface area contributed by atoms with Crippen molar-refractivity contribution in [2.24, 2.45) is 0 Å². The molecule has 18 heavy (non-hydrogen) atoms. The minimum Gasteiger partial charge on any atom is -0.383 e. The Morgan fingerprint density at radius 2 is 1.94 bits per heavy atom. The van der Waals surface area contributed by atoms with Gasteiger partial charge in [-0.25, -0.2) is 0 Å². The summed E-state index contributed by atoms with van der Waals surface area (Å²) in [6.45, 7) is 6.85. The molecule has 0 saturated heterocycles. The molecule has 0 spiro atoms. The molecule has 0 bridgehead atoms. The van der Waals surface area contributed by atoms with Crippen LogP contribution in [-0.2, 0) is 11.3 Å². The maximum atomic E-state index is 4.97. The van der Waals surface area contributed by atoms with E-state index < -0.39 is 0 Å². The van der Waals surface area contributed by atoms with E-state index in [0.717, 1.165) is 39.2 Å². The lowest BCUT2D eigenvalue weighted by atomic mass is 10.1. The number of rotatable bonds is 9. The van der Waals surface area contributed by atoms with Crippen molar-refractivity contribution >= 4 is 15.9 Å². The van der Waals surface area contributed by atoms with Gasteiger partial charge in [0.25, 0.3) is 0 Å². The quantitative estimate of drug-likeness (QED) is 0.687. The van der Waals surface area contributed by atoms with Crippen LogP contribution in [0.2, 0.25) is 0 Å². The van der Waals surface area contributed by atoms with Gasteiger partial charge in [-0.05, 0) is 43.6 Å². The summed E-state index contributed by atoms with van der Waals surface area (Å²) in [6, 6.07) is 6.48. The predicted molar refractivity (Wildman–Crippen MR) is 79.9 cm³/mol. The summed E-state index contributed by atoms with van der Waals surface area (Å²) in [5.74, 6) is 0. The number of hydrogen-bond acceptors (Lipinski definition) is 3. The molecule has 0 amide bonds. The van der Waals surface area contributed by atoms with Crippen LogP contribution in [0, 0.1) is 6.92 Å². The van der Waals surface area contributed by atoms with Gasteiger partial charge in [0.2, 0.25) is 0 Å². The van der Waals surface area contributed by atoms with Crippen LogP contribution in [-0.4, -0.2) is 33.4 Å². The lowest BCUT2D eigenvalue weighted by Gasteiger charge is -2.07. The Morgan fingerprint density at radius 3 is 2.67 bits per heavy atom. The van der Waals surface area contributed by atoms with Crippen LogP contribution in [0.3, 0.4) is 0 Å². The molecule has 0 radical (unpaired) electrons. The average Bonchev–Trinajstić information content (AvgIpc) is 2.37. The maximum Gasteiger partial charge on any atom is 0.0587 e. The fraction of sp³-hybridized carbons (Fsp3) is 0.571. The predicted octanol–water partition coefficient (Wildman–Crippen LogP) is 2.47. The van der Waals surface area contributed by atoms with Gasteiger partial charge >= 0.3 is 0 Å². The second-order valence-electron chi connectivity index (χ2n) is 4.36. The fourth-order valence-electron chi connectivity index (χ4n) is 1.69. The van der Waals surface area contributed by atoms with E-state index in [2.05, 4.69) is 51.7 Å². The molecule has 0 aromatic heterocycles. The fourth-order valence-corrected chi connectivity index (χ4v) is 1.93. The molecule has 0 aliphatic heterocycles. The minimum absolute atomic E-state index is 0.783. The second-order valence-corrected chi connectivity index (χ2v) is 5.21. The Labute approximate surface area is 118 Å². The van der Waals surface area contributed by atoms with E-state index in [1.807, 2.05) is 0 Å². The molecule has 2 N–H and O–H groups in total. The molecule has 0 fully saturated rings. The summed E-state index contributed by atoms with van der Waals surface area (Å²) in [6.07, 6.45) is 1.14. The molecule has 0 unspecified atom stereocenters. The van der Waals surface area contributed by atoms with Gasteiger partial charge in [-0.1, -0.05) is 28.1 Å². The number of aryl methyl sites for hydroxylation is 1. The van der Waals surface area contributed by atoms with E-state index >= 15 is 0 Å². The van der Waals surface area contributed by atoms with E-state index in [1.54, 1.807) is 7.11 Å². The van der Waals surface area contributed by atoms with Crippen molar-refractivity contribution in [3.05, 3.63) is 33.8 Å². The molecule has 1 aromatic rings. The third-order valence-electron chi connectivity index (χ3n) is 2.74. The van der Waals surface area contributed by atoms with Gasteiger partial charge in [0.1, 0.15) is 0 Å². The van der Waals surface area contributed by atoms with Gasteiger partial charge in [-0.15, -0.1) is 0 Å². The normalized spacial score (nSPS) is 10.8. The first kappa shape index (κ1) is 15.6. The summed E-state index contributed by atoms with van der Waals surface area (Å²) in [7, 11) is 1.73. The Kier molecular flexibility index (Phi) is 8.25. The molecule has 0 aliphatic carbocycles. The lowest BCUT2D eigenvalue weighted by Crippen LogP contribution is -2.24. The van der Waals surface area contributed by atoms with Gasteiger partial charge in [0.05, 0.1) is 6.61 Å². The van der Waals surface area contributed by atoms with Crippen molar-refractivity contribution in [1.82, 2.24) is 10.6 Å². The number of hydrogen-bond donors (Lipinski definition) is 2. The van der Waals surface area contributed by atoms with Crippen LogP contribution >= 0.6 is 15.9 Å². The first-order valence-electron chi connectivity index (χ1n) is 6.39. The SMILES string of the molecule is COCCNCCCNCc1ccc(Br)c(C)c1. The smallest absolute Gasteiger partial charge is 0.0587 e. The third-order valence-corrected chi connectivity index (χ3v) is 3.63. The number of benzene rings is 1. The summed E-state index contributed by atoms with van der Waals surface area (Å²) < 4.78 is 6.14. The average molecular weight is 315 g/mol. The topological polar surface area (TPSA) is 33.3 Å². The van der Waals surface area contributed by atoms with E-state index in [0.29, 0.717) is 0 Å². The number of methoxy groups -OCH3 is 1. The highest BCUT2D eigenvalue weighted by molar-refractivity contribution is 9.10. The molecule has 0 heterocycles. The number of nitrogens with one attached hydrogen (secondary N) is 2. The highest BCUT2D eigenvalue weighted by Gasteiger charge is 1.97. The van der Waals surface area contributed by atoms with Crippen LogP contribution < -0.4 is 10.6 Å². The first-order chi connectivity index (χ1) is 8.74. The minimum atomic E-state index is 0.783. The van der Waals surface area contributed by atoms with Crippen molar-refractivity contribution in [2.75, 3.05) is 33.4 Å². The van der Waals surface area contributed by atoms with Crippen molar-refractivity contribution in [3.8, 4) is 0 Å². The van der Waals surface area contributed by atoms with Crippen molar-refractivity contribution < 1.29 is 4.74 Å². The highest BCUT2D eigenvalue weighted by Crippen LogP contribution is 2.16. The molecular weight excluding hydrogens is 292 g/mol. The van der Waals surface area contributed by atoms with Gasteiger partial charge in [-0.2, -0.15) is 0 Å². The molecule has 0 aliphatic rings. The van der Waals surface area contributed by atoms with Gasteiger partial charge in [-0.3, -0.25) is 0 Å². The molecule has 1 aromatic carbocycles. The lowest BCUT2D eigenvalue weighted by molar-refractivity contribution is 0.199. The Bertz CT molecular complexity index is 345. The number of halogens is 1. The zero-order valence-corrected chi connectivity index (χ0v) is 12.8. The van der Waals surface area contributed by atoms with Crippen LogP contribution in [0.5, 0.6) is 0 Å². The molecular formula is C14H23BrN2O. The highest BCUT2D eigenvalue weighted by atomic mass is 79.9. The molecule has 1 rings (SSSR count). The van der Waals surface area contributed by atoms with E-state index in [1.165, 1.54) is 15.6 Å². The number of ether oxygens (including phenoxy) is 1. The van der Waals surface area contributed by atoms with Gasteiger partial charge < -0.3 is 15.4 Å². The van der Waals surface area contributed by atoms with Crippen LogP contribution in [0.4, 0.5) is 0 Å². The molecule has 0 atom stereocenters. The molecule has 0 saturated carbocycles. The second kappa shape index (κ2) is 9.50.